The molecule has 1 aliphatic carbocycles. The molecule has 0 spiro atoms. The number of carbonyl (C=O) groups is 2. The average molecular weight is 437 g/mol. The molecule has 4 aromatic rings. The van der Waals surface area contributed by atoms with Crippen LogP contribution in [0.25, 0.3) is 26.4 Å². The third kappa shape index (κ3) is 4.30. The zero-order valence-corrected chi connectivity index (χ0v) is 18.1. The molecule has 1 amide bonds. The van der Waals surface area contributed by atoms with Crippen LogP contribution in [0.3, 0.4) is 0 Å². The maximum atomic E-state index is 12.6. The second-order valence-corrected chi connectivity index (χ2v) is 8.67. The molecule has 7 nitrogen and oxygen atoms in total. The van der Waals surface area contributed by atoms with Gasteiger partial charge in [-0.2, -0.15) is 0 Å². The van der Waals surface area contributed by atoms with E-state index in [-0.39, 0.29) is 18.4 Å². The van der Waals surface area contributed by atoms with Gasteiger partial charge in [-0.1, -0.05) is 35.1 Å². The Hall–Kier alpha value is -3.23. The molecule has 1 aliphatic rings. The summed E-state index contributed by atoms with van der Waals surface area (Å²) < 4.78 is 3.19. The Morgan fingerprint density at radius 2 is 2.00 bits per heavy atom. The number of carbonyl (C=O) groups excluding carboxylic acids is 1. The molecule has 2 heterocycles. The second kappa shape index (κ2) is 8.87. The smallest absolute Gasteiger partial charge is 0.290 e. The van der Waals surface area contributed by atoms with Crippen LogP contribution in [0.2, 0.25) is 0 Å². The fraction of sp³-hybridized carbons (Fsp3) is 0.261. The fourth-order valence-electron chi connectivity index (χ4n) is 3.83. The highest BCUT2D eigenvalue weighted by molar-refractivity contribution is 7.23. The van der Waals surface area contributed by atoms with E-state index in [0.29, 0.717) is 11.6 Å². The van der Waals surface area contributed by atoms with E-state index in [1.165, 1.54) is 5.56 Å². The first-order chi connectivity index (χ1) is 15.0. The Bertz CT molecular complexity index is 1240. The summed E-state index contributed by atoms with van der Waals surface area (Å²) in [5.41, 5.74) is 5.12. The molecule has 0 atom stereocenters. The zero-order chi connectivity index (χ0) is 22.0. The molecule has 0 bridgehead atoms. The van der Waals surface area contributed by atoms with Crippen molar-refractivity contribution in [2.75, 3.05) is 7.05 Å². The summed E-state index contributed by atoms with van der Waals surface area (Å²) in [6, 6.07) is 15.1. The molecule has 5 rings (SSSR count). The number of benzene rings is 2. The standard InChI is InChI=1S/C22H22N4OS.CH2O2/c1-13-4-3-5-14(8-13)18-12-26-19-7-6-15(9-20(19)28-22(26)25-18)21(27)24-17-10-16(11-17)23-2;2-1-3/h3-9,12,16-17,23H,10-11H2,1-2H3,(H,24,27);1H,(H,2,3). The van der Waals surface area contributed by atoms with Crippen LogP contribution in [0, 0.1) is 6.92 Å². The number of fused-ring (bicyclic) bond motifs is 3. The number of aromatic nitrogens is 2. The van der Waals surface area contributed by atoms with Crippen molar-refractivity contribution in [3.8, 4) is 11.3 Å². The molecule has 0 aliphatic heterocycles. The normalized spacial score (nSPS) is 17.6. The number of carboxylic acid groups (broad SMARTS) is 1. The lowest BCUT2D eigenvalue weighted by molar-refractivity contribution is -0.122. The first kappa shape index (κ1) is 21.0. The van der Waals surface area contributed by atoms with Crippen molar-refractivity contribution < 1.29 is 14.7 Å². The molecular weight excluding hydrogens is 412 g/mol. The molecule has 0 saturated heterocycles. The van der Waals surface area contributed by atoms with Crippen LogP contribution in [0.1, 0.15) is 28.8 Å². The summed E-state index contributed by atoms with van der Waals surface area (Å²) in [4.78, 5) is 26.7. The number of rotatable bonds is 4. The van der Waals surface area contributed by atoms with Gasteiger partial charge in [0.2, 0.25) is 0 Å². The molecule has 8 heteroatoms. The molecule has 2 aromatic heterocycles. The van der Waals surface area contributed by atoms with Crippen LogP contribution < -0.4 is 10.6 Å². The number of nitrogens with zero attached hydrogens (tertiary/aromatic N) is 2. The van der Waals surface area contributed by atoms with Gasteiger partial charge in [0, 0.05) is 29.4 Å². The summed E-state index contributed by atoms with van der Waals surface area (Å²) in [6.45, 7) is 1.84. The van der Waals surface area contributed by atoms with Gasteiger partial charge >= 0.3 is 0 Å². The van der Waals surface area contributed by atoms with E-state index < -0.39 is 0 Å². The highest BCUT2D eigenvalue weighted by Gasteiger charge is 2.29. The Balaban J connectivity index is 0.000000730. The third-order valence-electron chi connectivity index (χ3n) is 5.55. The van der Waals surface area contributed by atoms with Gasteiger partial charge < -0.3 is 15.7 Å². The number of thiazole rings is 1. The summed E-state index contributed by atoms with van der Waals surface area (Å²) in [5.74, 6) is 0.00735. The predicted molar refractivity (Wildman–Crippen MR) is 123 cm³/mol. The van der Waals surface area contributed by atoms with E-state index in [4.69, 9.17) is 14.9 Å². The van der Waals surface area contributed by atoms with Crippen LogP contribution in [0.5, 0.6) is 0 Å². The van der Waals surface area contributed by atoms with Crippen LogP contribution in [0.15, 0.2) is 48.7 Å². The quantitative estimate of drug-likeness (QED) is 0.424. The van der Waals surface area contributed by atoms with Gasteiger partial charge in [0.25, 0.3) is 12.4 Å². The minimum atomic E-state index is -0.250. The van der Waals surface area contributed by atoms with Crippen molar-refractivity contribution >= 4 is 38.9 Å². The highest BCUT2D eigenvalue weighted by Crippen LogP contribution is 2.30. The number of nitrogens with one attached hydrogen (secondary N) is 2. The summed E-state index contributed by atoms with van der Waals surface area (Å²) in [6.07, 6.45) is 4.08. The molecule has 0 radical (unpaired) electrons. The first-order valence-corrected chi connectivity index (χ1v) is 10.9. The van der Waals surface area contributed by atoms with Crippen molar-refractivity contribution in [2.24, 2.45) is 0 Å². The number of amides is 1. The molecule has 160 valence electrons. The van der Waals surface area contributed by atoms with Crippen molar-refractivity contribution in [2.45, 2.75) is 31.8 Å². The number of aryl methyl sites for hydroxylation is 1. The minimum absolute atomic E-state index is 0.00735. The largest absolute Gasteiger partial charge is 0.483 e. The SMILES string of the molecule is CNC1CC(NC(=O)c2ccc3c(c2)sc2nc(-c4cccc(C)c4)cn23)C1.O=CO. The monoisotopic (exact) mass is 436 g/mol. The van der Waals surface area contributed by atoms with Crippen LogP contribution in [-0.4, -0.2) is 46.0 Å². The molecule has 2 aromatic carbocycles. The molecule has 3 N–H and O–H groups in total. The third-order valence-corrected chi connectivity index (χ3v) is 6.57. The minimum Gasteiger partial charge on any atom is -0.483 e. The van der Waals surface area contributed by atoms with Gasteiger partial charge in [0.1, 0.15) is 0 Å². The van der Waals surface area contributed by atoms with E-state index in [1.807, 2.05) is 25.2 Å². The van der Waals surface area contributed by atoms with Crippen molar-refractivity contribution in [3.63, 3.8) is 0 Å². The molecule has 1 fully saturated rings. The van der Waals surface area contributed by atoms with E-state index in [0.717, 1.165) is 39.3 Å². The van der Waals surface area contributed by atoms with E-state index in [9.17, 15) is 4.79 Å². The zero-order valence-electron chi connectivity index (χ0n) is 17.3. The topological polar surface area (TPSA) is 95.7 Å². The predicted octanol–water partition coefficient (Wildman–Crippen LogP) is 3.71. The average Bonchev–Trinajstić information content (AvgIpc) is 3.28. The Morgan fingerprint density at radius 1 is 1.23 bits per heavy atom. The molecular formula is C23H24N4O3S. The maximum Gasteiger partial charge on any atom is 0.290 e. The Morgan fingerprint density at radius 3 is 2.71 bits per heavy atom. The van der Waals surface area contributed by atoms with E-state index in [2.05, 4.69) is 52.4 Å². The second-order valence-electron chi connectivity index (χ2n) is 7.67. The lowest BCUT2D eigenvalue weighted by Crippen LogP contribution is -2.51. The van der Waals surface area contributed by atoms with Gasteiger partial charge in [0.15, 0.2) is 4.96 Å². The van der Waals surface area contributed by atoms with Gasteiger partial charge in [-0.05, 0) is 51.1 Å². The molecule has 31 heavy (non-hydrogen) atoms. The number of hydrogen-bond acceptors (Lipinski definition) is 5. The Kier molecular flexibility index (Phi) is 6.01. The van der Waals surface area contributed by atoms with E-state index >= 15 is 0 Å². The van der Waals surface area contributed by atoms with Crippen molar-refractivity contribution in [1.82, 2.24) is 20.0 Å². The molecule has 1 saturated carbocycles. The summed E-state index contributed by atoms with van der Waals surface area (Å²) in [5, 5.41) is 13.3. The van der Waals surface area contributed by atoms with Crippen LogP contribution in [0.4, 0.5) is 0 Å². The Labute approximate surface area is 183 Å². The summed E-state index contributed by atoms with van der Waals surface area (Å²) >= 11 is 1.62. The van der Waals surface area contributed by atoms with Crippen molar-refractivity contribution in [1.29, 1.82) is 0 Å². The summed E-state index contributed by atoms with van der Waals surface area (Å²) in [7, 11) is 1.97. The van der Waals surface area contributed by atoms with Crippen molar-refractivity contribution in [3.05, 3.63) is 59.8 Å². The number of imidazole rings is 1. The fourth-order valence-corrected chi connectivity index (χ4v) is 4.87. The number of hydrogen-bond donors (Lipinski definition) is 3. The van der Waals surface area contributed by atoms with Gasteiger partial charge in [0.05, 0.1) is 15.9 Å². The first-order valence-electron chi connectivity index (χ1n) is 10.1. The lowest BCUT2D eigenvalue weighted by atomic mass is 9.87. The van der Waals surface area contributed by atoms with Gasteiger partial charge in [-0.3, -0.25) is 14.0 Å². The van der Waals surface area contributed by atoms with Crippen LogP contribution in [-0.2, 0) is 4.79 Å². The van der Waals surface area contributed by atoms with Crippen LogP contribution >= 0.6 is 11.3 Å². The van der Waals surface area contributed by atoms with Gasteiger partial charge in [-0.15, -0.1) is 0 Å². The lowest BCUT2D eigenvalue weighted by Gasteiger charge is -2.35. The van der Waals surface area contributed by atoms with E-state index in [1.54, 1.807) is 11.3 Å². The highest BCUT2D eigenvalue weighted by atomic mass is 32.1. The maximum absolute atomic E-state index is 12.6. The molecule has 0 unspecified atom stereocenters. The van der Waals surface area contributed by atoms with Gasteiger partial charge in [-0.25, -0.2) is 4.98 Å².